The van der Waals surface area contributed by atoms with Crippen LogP contribution < -0.4 is 5.73 Å². The molecular formula is C16H20N2S. The van der Waals surface area contributed by atoms with Crippen LogP contribution in [0.4, 0.5) is 0 Å². The van der Waals surface area contributed by atoms with Gasteiger partial charge in [0.2, 0.25) is 0 Å². The van der Waals surface area contributed by atoms with Crippen molar-refractivity contribution in [2.45, 2.75) is 37.1 Å². The quantitative estimate of drug-likeness (QED) is 0.833. The Kier molecular flexibility index (Phi) is 5.00. The Labute approximate surface area is 119 Å². The highest BCUT2D eigenvalue weighted by molar-refractivity contribution is 7.98. The van der Waals surface area contributed by atoms with Crippen molar-refractivity contribution >= 4 is 11.8 Å². The fraction of sp³-hybridized carbons (Fsp3) is 0.312. The number of pyridine rings is 1. The van der Waals surface area contributed by atoms with Gasteiger partial charge in [-0.2, -0.15) is 0 Å². The van der Waals surface area contributed by atoms with Gasteiger partial charge in [0.25, 0.3) is 0 Å². The van der Waals surface area contributed by atoms with Gasteiger partial charge in [0, 0.05) is 17.5 Å². The van der Waals surface area contributed by atoms with E-state index in [4.69, 9.17) is 5.73 Å². The number of aryl methyl sites for hydroxylation is 1. The van der Waals surface area contributed by atoms with E-state index in [9.17, 15) is 0 Å². The maximum Gasteiger partial charge on any atom is 0.0966 e. The van der Waals surface area contributed by atoms with Crippen molar-refractivity contribution in [1.82, 2.24) is 4.98 Å². The molecule has 100 valence electrons. The second-order valence-electron chi connectivity index (χ2n) is 4.61. The molecule has 1 atom stereocenters. The molecule has 1 aromatic heterocycles. The first-order chi connectivity index (χ1) is 9.20. The molecule has 0 fully saturated rings. The van der Waals surface area contributed by atoms with Crippen molar-refractivity contribution in [2.75, 3.05) is 0 Å². The SMILES string of the molecule is CCC(N)c1ccc(SCc2ccccc2)nc1C. The standard InChI is InChI=1S/C16H20N2S/c1-3-15(17)14-9-10-16(18-12(14)2)19-11-13-7-5-4-6-8-13/h4-10,15H,3,11,17H2,1-2H3. The molecule has 2 rings (SSSR count). The lowest BCUT2D eigenvalue weighted by Crippen LogP contribution is -2.11. The molecule has 1 aromatic carbocycles. The summed E-state index contributed by atoms with van der Waals surface area (Å²) in [6.45, 7) is 4.14. The summed E-state index contributed by atoms with van der Waals surface area (Å²) in [4.78, 5) is 4.64. The van der Waals surface area contributed by atoms with Crippen molar-refractivity contribution in [3.8, 4) is 0 Å². The third-order valence-corrected chi connectivity index (χ3v) is 4.17. The number of aromatic nitrogens is 1. The maximum absolute atomic E-state index is 6.06. The third-order valence-electron chi connectivity index (χ3n) is 3.17. The van der Waals surface area contributed by atoms with Gasteiger partial charge in [-0.15, -0.1) is 11.8 Å². The second kappa shape index (κ2) is 6.73. The van der Waals surface area contributed by atoms with Crippen molar-refractivity contribution in [1.29, 1.82) is 0 Å². The van der Waals surface area contributed by atoms with E-state index in [1.165, 1.54) is 5.56 Å². The van der Waals surface area contributed by atoms with E-state index in [1.54, 1.807) is 11.8 Å². The first-order valence-corrected chi connectivity index (χ1v) is 7.59. The van der Waals surface area contributed by atoms with Crippen LogP contribution in [-0.4, -0.2) is 4.98 Å². The van der Waals surface area contributed by atoms with Gasteiger partial charge in [-0.3, -0.25) is 0 Å². The topological polar surface area (TPSA) is 38.9 Å². The molecule has 2 aromatic rings. The van der Waals surface area contributed by atoms with E-state index >= 15 is 0 Å². The molecule has 1 unspecified atom stereocenters. The molecule has 0 saturated carbocycles. The van der Waals surface area contributed by atoms with E-state index in [2.05, 4.69) is 48.3 Å². The lowest BCUT2D eigenvalue weighted by atomic mass is 10.0. The minimum Gasteiger partial charge on any atom is -0.324 e. The van der Waals surface area contributed by atoms with Crippen LogP contribution >= 0.6 is 11.8 Å². The van der Waals surface area contributed by atoms with Gasteiger partial charge in [0.1, 0.15) is 0 Å². The van der Waals surface area contributed by atoms with Crippen LogP contribution in [-0.2, 0) is 5.75 Å². The van der Waals surface area contributed by atoms with Gasteiger partial charge in [-0.1, -0.05) is 43.3 Å². The van der Waals surface area contributed by atoms with E-state index < -0.39 is 0 Å². The average Bonchev–Trinajstić information content (AvgIpc) is 2.45. The highest BCUT2D eigenvalue weighted by Crippen LogP contribution is 2.24. The minimum atomic E-state index is 0.0978. The monoisotopic (exact) mass is 272 g/mol. The average molecular weight is 272 g/mol. The lowest BCUT2D eigenvalue weighted by Gasteiger charge is -2.12. The van der Waals surface area contributed by atoms with Crippen molar-refractivity contribution in [3.63, 3.8) is 0 Å². The molecule has 2 N–H and O–H groups in total. The fourth-order valence-electron chi connectivity index (χ4n) is 1.97. The van der Waals surface area contributed by atoms with E-state index in [0.29, 0.717) is 0 Å². The summed E-state index contributed by atoms with van der Waals surface area (Å²) in [5.74, 6) is 0.951. The number of thioether (sulfide) groups is 1. The summed E-state index contributed by atoms with van der Waals surface area (Å²) in [6, 6.07) is 14.7. The predicted molar refractivity (Wildman–Crippen MR) is 82.2 cm³/mol. The van der Waals surface area contributed by atoms with Crippen LogP contribution in [0, 0.1) is 6.92 Å². The zero-order valence-electron chi connectivity index (χ0n) is 11.5. The molecule has 0 aliphatic rings. The molecule has 0 radical (unpaired) electrons. The summed E-state index contributed by atoms with van der Waals surface area (Å²) >= 11 is 1.76. The highest BCUT2D eigenvalue weighted by Gasteiger charge is 2.08. The molecule has 0 amide bonds. The van der Waals surface area contributed by atoms with Crippen LogP contribution in [0.3, 0.4) is 0 Å². The Morgan fingerprint density at radius 3 is 2.53 bits per heavy atom. The van der Waals surface area contributed by atoms with E-state index in [1.807, 2.05) is 13.0 Å². The Morgan fingerprint density at radius 2 is 1.89 bits per heavy atom. The Hall–Kier alpha value is -1.32. The van der Waals surface area contributed by atoms with E-state index in [0.717, 1.165) is 28.5 Å². The van der Waals surface area contributed by atoms with Crippen LogP contribution in [0.15, 0.2) is 47.5 Å². The molecule has 0 saturated heterocycles. The van der Waals surface area contributed by atoms with E-state index in [-0.39, 0.29) is 6.04 Å². The number of nitrogens with two attached hydrogens (primary N) is 1. The number of benzene rings is 1. The molecule has 0 spiro atoms. The second-order valence-corrected chi connectivity index (χ2v) is 5.61. The van der Waals surface area contributed by atoms with Crippen molar-refractivity contribution in [3.05, 3.63) is 59.3 Å². The molecule has 0 aliphatic carbocycles. The number of hydrogen-bond donors (Lipinski definition) is 1. The normalized spacial score (nSPS) is 12.4. The molecule has 3 heteroatoms. The minimum absolute atomic E-state index is 0.0978. The number of hydrogen-bond acceptors (Lipinski definition) is 3. The summed E-state index contributed by atoms with van der Waals surface area (Å²) in [5, 5.41) is 1.06. The molecule has 0 bridgehead atoms. The lowest BCUT2D eigenvalue weighted by molar-refractivity contribution is 0.686. The zero-order valence-corrected chi connectivity index (χ0v) is 12.3. The third kappa shape index (κ3) is 3.82. The van der Waals surface area contributed by atoms with Crippen LogP contribution in [0.5, 0.6) is 0 Å². The van der Waals surface area contributed by atoms with Gasteiger partial charge < -0.3 is 5.73 Å². The Bertz CT molecular complexity index is 526. The van der Waals surface area contributed by atoms with Gasteiger partial charge in [-0.25, -0.2) is 4.98 Å². The highest BCUT2D eigenvalue weighted by atomic mass is 32.2. The van der Waals surface area contributed by atoms with Gasteiger partial charge in [0.05, 0.1) is 5.03 Å². The molecular weight excluding hydrogens is 252 g/mol. The summed E-state index contributed by atoms with van der Waals surface area (Å²) in [6.07, 6.45) is 0.943. The molecule has 1 heterocycles. The summed E-state index contributed by atoms with van der Waals surface area (Å²) in [7, 11) is 0. The first-order valence-electron chi connectivity index (χ1n) is 6.60. The summed E-state index contributed by atoms with van der Waals surface area (Å²) < 4.78 is 0. The fourth-order valence-corrected chi connectivity index (χ4v) is 2.85. The van der Waals surface area contributed by atoms with Gasteiger partial charge in [0.15, 0.2) is 0 Å². The molecule has 2 nitrogen and oxygen atoms in total. The first kappa shape index (κ1) is 14.1. The number of nitrogens with zero attached hydrogens (tertiary/aromatic N) is 1. The molecule has 19 heavy (non-hydrogen) atoms. The largest absolute Gasteiger partial charge is 0.324 e. The smallest absolute Gasteiger partial charge is 0.0966 e. The zero-order chi connectivity index (χ0) is 13.7. The van der Waals surface area contributed by atoms with Crippen LogP contribution in [0.25, 0.3) is 0 Å². The van der Waals surface area contributed by atoms with Crippen LogP contribution in [0.2, 0.25) is 0 Å². The summed E-state index contributed by atoms with van der Waals surface area (Å²) in [5.41, 5.74) is 9.59. The van der Waals surface area contributed by atoms with Gasteiger partial charge in [-0.05, 0) is 30.5 Å². The van der Waals surface area contributed by atoms with Crippen molar-refractivity contribution < 1.29 is 0 Å². The predicted octanol–water partition coefficient (Wildman–Crippen LogP) is 4.09. The van der Waals surface area contributed by atoms with Gasteiger partial charge >= 0.3 is 0 Å². The maximum atomic E-state index is 6.06. The molecule has 0 aliphatic heterocycles. The Balaban J connectivity index is 2.04. The Morgan fingerprint density at radius 1 is 1.16 bits per heavy atom. The number of rotatable bonds is 5. The van der Waals surface area contributed by atoms with Crippen molar-refractivity contribution in [2.24, 2.45) is 5.73 Å². The van der Waals surface area contributed by atoms with Crippen LogP contribution in [0.1, 0.15) is 36.2 Å².